The van der Waals surface area contributed by atoms with E-state index >= 15 is 0 Å². The number of carbonyl (C=O) groups excluding carboxylic acids is 1. The third-order valence-corrected chi connectivity index (χ3v) is 2.53. The van der Waals surface area contributed by atoms with E-state index in [2.05, 4.69) is 10.9 Å². The minimum absolute atomic E-state index is 0.000556. The first-order valence-corrected chi connectivity index (χ1v) is 4.37. The molecule has 3 heteroatoms. The Hall–Kier alpha value is -1.14. The predicted molar refractivity (Wildman–Crippen MR) is 49.4 cm³/mol. The van der Waals surface area contributed by atoms with Gasteiger partial charge in [-0.05, 0) is 13.8 Å². The normalized spacial score (nSPS) is 9.42. The summed E-state index contributed by atoms with van der Waals surface area (Å²) in [5.74, 6) is 2.33. The molecule has 0 bridgehead atoms. The maximum atomic E-state index is 11.3. The van der Waals surface area contributed by atoms with Gasteiger partial charge in [-0.2, -0.15) is 0 Å². The number of ketones is 1. The van der Waals surface area contributed by atoms with Gasteiger partial charge in [-0.15, -0.1) is 17.8 Å². The number of hydrogen-bond donors (Lipinski definition) is 0. The molecule has 0 unspecified atom stereocenters. The van der Waals surface area contributed by atoms with Gasteiger partial charge in [0.1, 0.15) is 0 Å². The monoisotopic (exact) mass is 179 g/mol. The molecule has 0 amide bonds. The van der Waals surface area contributed by atoms with Gasteiger partial charge in [0.05, 0.1) is 22.0 Å². The smallest absolute Gasteiger partial charge is 0.186 e. The predicted octanol–water partition coefficient (Wildman–Crippen LogP) is 1.97. The van der Waals surface area contributed by atoms with Gasteiger partial charge in [0, 0.05) is 0 Å². The second-order valence-corrected chi connectivity index (χ2v) is 3.65. The standard InChI is InChI=1S/C9H9NOS/c1-4-5-8(11)9-6(2)10-7(3)12-9/h1H,5H2,2-3H3. The first-order chi connectivity index (χ1) is 5.65. The summed E-state index contributed by atoms with van der Waals surface area (Å²) in [6.07, 6.45) is 5.21. The van der Waals surface area contributed by atoms with Crippen LogP contribution < -0.4 is 0 Å². The van der Waals surface area contributed by atoms with Crippen molar-refractivity contribution >= 4 is 17.1 Å². The highest BCUT2D eigenvalue weighted by atomic mass is 32.1. The number of terminal acetylenes is 1. The number of rotatable bonds is 2. The summed E-state index contributed by atoms with van der Waals surface area (Å²) in [7, 11) is 0. The molecule has 0 aliphatic rings. The molecule has 0 saturated carbocycles. The van der Waals surface area contributed by atoms with Crippen LogP contribution in [0.1, 0.15) is 26.8 Å². The number of Topliss-reactive ketones (excluding diaryl/α,β-unsaturated/α-hetero) is 1. The molecule has 2 nitrogen and oxygen atoms in total. The number of thiazole rings is 1. The molecule has 1 rings (SSSR count). The van der Waals surface area contributed by atoms with Gasteiger partial charge >= 0.3 is 0 Å². The molecule has 0 fully saturated rings. The van der Waals surface area contributed by atoms with Crippen molar-refractivity contribution in [2.75, 3.05) is 0 Å². The zero-order chi connectivity index (χ0) is 9.14. The van der Waals surface area contributed by atoms with Crippen LogP contribution in [0.15, 0.2) is 0 Å². The van der Waals surface area contributed by atoms with Crippen molar-refractivity contribution in [2.24, 2.45) is 0 Å². The molecule has 62 valence electrons. The van der Waals surface area contributed by atoms with Gasteiger partial charge in [0.15, 0.2) is 5.78 Å². The number of carbonyl (C=O) groups is 1. The van der Waals surface area contributed by atoms with Gasteiger partial charge in [0.2, 0.25) is 0 Å². The van der Waals surface area contributed by atoms with E-state index in [-0.39, 0.29) is 12.2 Å². The van der Waals surface area contributed by atoms with E-state index in [9.17, 15) is 4.79 Å². The molecule has 0 radical (unpaired) electrons. The summed E-state index contributed by atoms with van der Waals surface area (Å²) in [4.78, 5) is 16.1. The number of hydrogen-bond acceptors (Lipinski definition) is 3. The second-order valence-electron chi connectivity index (χ2n) is 2.45. The van der Waals surface area contributed by atoms with Crippen molar-refractivity contribution in [3.05, 3.63) is 15.6 Å². The van der Waals surface area contributed by atoms with Crippen molar-refractivity contribution in [2.45, 2.75) is 20.3 Å². The van der Waals surface area contributed by atoms with Crippen LogP contribution >= 0.6 is 11.3 Å². The Kier molecular flexibility index (Phi) is 2.61. The van der Waals surface area contributed by atoms with Crippen molar-refractivity contribution < 1.29 is 4.79 Å². The lowest BCUT2D eigenvalue weighted by molar-refractivity contribution is 0.100. The summed E-state index contributed by atoms with van der Waals surface area (Å²) >= 11 is 1.41. The van der Waals surface area contributed by atoms with Gasteiger partial charge in [-0.3, -0.25) is 4.79 Å². The molecule has 12 heavy (non-hydrogen) atoms. The van der Waals surface area contributed by atoms with Gasteiger partial charge in [0.25, 0.3) is 0 Å². The lowest BCUT2D eigenvalue weighted by Crippen LogP contribution is -1.95. The fourth-order valence-electron chi connectivity index (χ4n) is 0.963. The van der Waals surface area contributed by atoms with Crippen LogP contribution in [-0.2, 0) is 0 Å². The number of nitrogens with zero attached hydrogens (tertiary/aromatic N) is 1. The van der Waals surface area contributed by atoms with E-state index in [4.69, 9.17) is 6.42 Å². The average Bonchev–Trinajstić information content (AvgIpc) is 2.30. The van der Waals surface area contributed by atoms with E-state index in [1.165, 1.54) is 11.3 Å². The minimum Gasteiger partial charge on any atom is -0.292 e. The van der Waals surface area contributed by atoms with E-state index in [1.807, 2.05) is 13.8 Å². The maximum Gasteiger partial charge on any atom is 0.186 e. The van der Waals surface area contributed by atoms with Crippen LogP contribution in [0.5, 0.6) is 0 Å². The van der Waals surface area contributed by atoms with Crippen LogP contribution in [0.2, 0.25) is 0 Å². The van der Waals surface area contributed by atoms with Crippen LogP contribution in [0, 0.1) is 26.2 Å². The molecule has 1 aromatic rings. The summed E-state index contributed by atoms with van der Waals surface area (Å²) in [6, 6.07) is 0. The van der Waals surface area contributed by atoms with Crippen LogP contribution in [-0.4, -0.2) is 10.8 Å². The number of aryl methyl sites for hydroxylation is 2. The molecule has 0 saturated heterocycles. The second kappa shape index (κ2) is 3.51. The molecule has 0 aliphatic heterocycles. The summed E-state index contributed by atoms with van der Waals surface area (Å²) < 4.78 is 0. The highest BCUT2D eigenvalue weighted by molar-refractivity contribution is 7.13. The molecule has 1 heterocycles. The SMILES string of the molecule is C#CCC(=O)c1sc(C)nc1C. The number of aromatic nitrogens is 1. The largest absolute Gasteiger partial charge is 0.292 e. The van der Waals surface area contributed by atoms with Crippen molar-refractivity contribution in [1.82, 2.24) is 4.98 Å². The lowest BCUT2D eigenvalue weighted by Gasteiger charge is -1.90. The third-order valence-electron chi connectivity index (χ3n) is 1.42. The highest BCUT2D eigenvalue weighted by Crippen LogP contribution is 2.18. The average molecular weight is 179 g/mol. The lowest BCUT2D eigenvalue weighted by atomic mass is 10.2. The van der Waals surface area contributed by atoms with Crippen molar-refractivity contribution in [1.29, 1.82) is 0 Å². The van der Waals surface area contributed by atoms with Crippen LogP contribution in [0.25, 0.3) is 0 Å². The summed E-state index contributed by atoms with van der Waals surface area (Å²) in [5, 5.41) is 0.910. The van der Waals surface area contributed by atoms with E-state index in [1.54, 1.807) is 0 Å². The topological polar surface area (TPSA) is 30.0 Å². The molecule has 0 atom stereocenters. The Bertz CT molecular complexity index is 346. The van der Waals surface area contributed by atoms with Gasteiger partial charge < -0.3 is 0 Å². The van der Waals surface area contributed by atoms with E-state index < -0.39 is 0 Å². The quantitative estimate of drug-likeness (QED) is 0.513. The molecular formula is C9H9NOS. The molecule has 0 N–H and O–H groups in total. The van der Waals surface area contributed by atoms with Crippen LogP contribution in [0.3, 0.4) is 0 Å². The first-order valence-electron chi connectivity index (χ1n) is 3.56. The Labute approximate surface area is 75.6 Å². The zero-order valence-electron chi connectivity index (χ0n) is 7.05. The van der Waals surface area contributed by atoms with E-state index in [0.717, 1.165) is 10.7 Å². The summed E-state index contributed by atoms with van der Waals surface area (Å²) in [6.45, 7) is 3.71. The highest BCUT2D eigenvalue weighted by Gasteiger charge is 2.11. The fourth-order valence-corrected chi connectivity index (χ4v) is 1.82. The van der Waals surface area contributed by atoms with Crippen LogP contribution in [0.4, 0.5) is 0 Å². The first kappa shape index (κ1) is 8.95. The minimum atomic E-state index is 0.000556. The zero-order valence-corrected chi connectivity index (χ0v) is 7.86. The maximum absolute atomic E-state index is 11.3. The fraction of sp³-hybridized carbons (Fsp3) is 0.333. The van der Waals surface area contributed by atoms with Gasteiger partial charge in [-0.25, -0.2) is 4.98 Å². The Morgan fingerprint density at radius 2 is 2.33 bits per heavy atom. The van der Waals surface area contributed by atoms with Crippen molar-refractivity contribution in [3.63, 3.8) is 0 Å². The van der Waals surface area contributed by atoms with Crippen molar-refractivity contribution in [3.8, 4) is 12.3 Å². The third kappa shape index (κ3) is 1.72. The molecule has 0 aromatic carbocycles. The van der Waals surface area contributed by atoms with Gasteiger partial charge in [-0.1, -0.05) is 5.92 Å². The molecule has 0 aliphatic carbocycles. The van der Waals surface area contributed by atoms with E-state index in [0.29, 0.717) is 4.88 Å². The Morgan fingerprint density at radius 1 is 1.67 bits per heavy atom. The molecular weight excluding hydrogens is 170 g/mol. The summed E-state index contributed by atoms with van der Waals surface area (Å²) in [5.41, 5.74) is 0.790. The Balaban J connectivity index is 2.96. The molecule has 1 aromatic heterocycles. The molecule has 0 spiro atoms. The Morgan fingerprint density at radius 3 is 2.75 bits per heavy atom.